The molecule has 0 aliphatic heterocycles. The van der Waals surface area contributed by atoms with Crippen LogP contribution in [0.25, 0.3) is 11.1 Å². The van der Waals surface area contributed by atoms with Gasteiger partial charge in [0.2, 0.25) is 5.91 Å². The van der Waals surface area contributed by atoms with Crippen molar-refractivity contribution in [2.45, 2.75) is 69.8 Å². The van der Waals surface area contributed by atoms with Crippen molar-refractivity contribution in [2.24, 2.45) is 5.92 Å². The number of carbonyl (C=O) groups is 2. The lowest BCUT2D eigenvalue weighted by Crippen LogP contribution is -2.55. The molecule has 0 heterocycles. The van der Waals surface area contributed by atoms with Crippen LogP contribution in [0.5, 0.6) is 0 Å². The number of hydrogen-bond acceptors (Lipinski definition) is 4. The Balaban J connectivity index is 1.91. The van der Waals surface area contributed by atoms with Gasteiger partial charge in [-0.3, -0.25) is 14.9 Å². The number of carbonyl (C=O) groups excluding carboxylic acids is 2. The van der Waals surface area contributed by atoms with E-state index in [9.17, 15) is 36.8 Å². The van der Waals surface area contributed by atoms with Crippen LogP contribution in [0.3, 0.4) is 0 Å². The summed E-state index contributed by atoms with van der Waals surface area (Å²) in [6, 6.07) is 9.68. The largest absolute Gasteiger partial charge is 0.455 e. The molecule has 1 aliphatic carbocycles. The molecule has 0 saturated heterocycles. The Morgan fingerprint density at radius 3 is 1.89 bits per heavy atom. The lowest BCUT2D eigenvalue weighted by atomic mass is 9.95. The van der Waals surface area contributed by atoms with Gasteiger partial charge in [0.05, 0.1) is 12.1 Å². The zero-order valence-corrected chi connectivity index (χ0v) is 20.6. The summed E-state index contributed by atoms with van der Waals surface area (Å²) in [5.41, 5.74) is 0.236. The van der Waals surface area contributed by atoms with E-state index in [1.807, 2.05) is 11.4 Å². The van der Waals surface area contributed by atoms with Crippen molar-refractivity contribution in [2.75, 3.05) is 0 Å². The lowest BCUT2D eigenvalue weighted by molar-refractivity contribution is -0.293. The maximum Gasteiger partial charge on any atom is 0.455 e. The fraction of sp³-hybridized carbons (Fsp3) is 0.444. The highest BCUT2D eigenvalue weighted by Gasteiger charge is 2.63. The van der Waals surface area contributed by atoms with Gasteiger partial charge < -0.3 is 5.32 Å². The average molecular weight is 522 g/mol. The second kappa shape index (κ2) is 10.6. The van der Waals surface area contributed by atoms with Gasteiger partial charge in [0.15, 0.2) is 5.78 Å². The van der Waals surface area contributed by atoms with Gasteiger partial charge >= 0.3 is 12.1 Å². The van der Waals surface area contributed by atoms with Crippen molar-refractivity contribution in [1.29, 1.82) is 5.26 Å². The van der Waals surface area contributed by atoms with E-state index < -0.39 is 41.2 Å². The number of ketones is 1. The fourth-order valence-corrected chi connectivity index (χ4v) is 4.01. The molecule has 0 bridgehead atoms. The Kier molecular flexibility index (Phi) is 8.08. The van der Waals surface area contributed by atoms with Crippen LogP contribution < -0.4 is 10.6 Å². The highest BCUT2D eigenvalue weighted by molar-refractivity contribution is 5.94. The van der Waals surface area contributed by atoms with Crippen LogP contribution in [-0.2, 0) is 4.79 Å². The molecule has 0 radical (unpaired) electrons. The Morgan fingerprint density at radius 2 is 1.49 bits per heavy atom. The molecule has 2 aromatic carbocycles. The van der Waals surface area contributed by atoms with Gasteiger partial charge in [-0.15, -0.1) is 0 Å². The molecule has 198 valence electrons. The van der Waals surface area contributed by atoms with Crippen molar-refractivity contribution in [3.63, 3.8) is 0 Å². The summed E-state index contributed by atoms with van der Waals surface area (Å²) in [6.07, 6.45) is -4.85. The number of hydrogen-bond donors (Lipinski definition) is 2. The van der Waals surface area contributed by atoms with Gasteiger partial charge in [0.25, 0.3) is 0 Å². The Bertz CT molecular complexity index is 1160. The first-order chi connectivity index (χ1) is 17.2. The smallest absolute Gasteiger partial charge is 0.342 e. The molecule has 2 N–H and O–H groups in total. The number of amides is 1. The molecule has 0 unspecified atom stereocenters. The quantitative estimate of drug-likeness (QED) is 0.298. The van der Waals surface area contributed by atoms with E-state index in [-0.39, 0.29) is 18.1 Å². The van der Waals surface area contributed by atoms with Crippen molar-refractivity contribution in [3.8, 4) is 17.2 Å². The molecule has 10 heteroatoms. The molecular formula is C27H28F5N3O2. The second-order valence-electron chi connectivity index (χ2n) is 9.84. The predicted octanol–water partition coefficient (Wildman–Crippen LogP) is 5.97. The zero-order chi connectivity index (χ0) is 27.6. The minimum Gasteiger partial charge on any atom is -0.342 e. The summed E-state index contributed by atoms with van der Waals surface area (Å²) in [6.45, 7) is 4.96. The van der Waals surface area contributed by atoms with Gasteiger partial charge in [-0.25, -0.2) is 0 Å². The van der Waals surface area contributed by atoms with Crippen LogP contribution in [0, 0.1) is 17.2 Å². The fourth-order valence-electron chi connectivity index (χ4n) is 4.01. The van der Waals surface area contributed by atoms with Crippen LogP contribution >= 0.6 is 0 Å². The lowest BCUT2D eigenvalue weighted by Gasteiger charge is -2.32. The number of benzene rings is 2. The molecule has 0 spiro atoms. The van der Waals surface area contributed by atoms with Crippen molar-refractivity contribution in [1.82, 2.24) is 10.6 Å². The number of rotatable bonds is 10. The summed E-state index contributed by atoms with van der Waals surface area (Å²) < 4.78 is 69.6. The minimum atomic E-state index is -5.92. The highest BCUT2D eigenvalue weighted by atomic mass is 19.4. The monoisotopic (exact) mass is 521 g/mol. The van der Waals surface area contributed by atoms with Crippen molar-refractivity contribution < 1.29 is 31.5 Å². The number of nitriles is 1. The third-order valence-corrected chi connectivity index (χ3v) is 6.33. The SMILES string of the molecule is CC(=O)c1ccc(-c2ccc([C@H](NC(=O)[C@H](CC(C)C)NC3(C#N)CC3)C(F)(F)C(F)(F)F)cc2)cc1. The second-order valence-corrected chi connectivity index (χ2v) is 9.84. The van der Waals surface area contributed by atoms with Gasteiger partial charge in [-0.05, 0) is 48.8 Å². The van der Waals surface area contributed by atoms with E-state index in [2.05, 4.69) is 5.32 Å². The molecule has 5 nitrogen and oxygen atoms in total. The molecule has 37 heavy (non-hydrogen) atoms. The first-order valence-electron chi connectivity index (χ1n) is 11.8. The van der Waals surface area contributed by atoms with Gasteiger partial charge in [-0.1, -0.05) is 62.4 Å². The van der Waals surface area contributed by atoms with Crippen LogP contribution in [0.15, 0.2) is 48.5 Å². The molecule has 1 saturated carbocycles. The first-order valence-corrected chi connectivity index (χ1v) is 11.8. The standard InChI is InChI=1S/C27H28F5N3O2/c1-16(2)14-22(35-25(15-33)12-13-25)24(37)34-23(26(28,29)27(30,31)32)21-10-8-20(9-11-21)19-6-4-18(5-7-19)17(3)36/h4-11,16,22-23,35H,12-14H2,1-3H3,(H,34,37)/t22-,23-/m0/s1. The molecule has 0 aromatic heterocycles. The Morgan fingerprint density at radius 1 is 0.973 bits per heavy atom. The molecule has 2 aromatic rings. The van der Waals surface area contributed by atoms with Crippen molar-refractivity contribution in [3.05, 3.63) is 59.7 Å². The molecule has 1 aliphatic rings. The predicted molar refractivity (Wildman–Crippen MR) is 128 cm³/mol. The van der Waals surface area contributed by atoms with E-state index in [1.165, 1.54) is 19.1 Å². The summed E-state index contributed by atoms with van der Waals surface area (Å²) in [4.78, 5) is 24.5. The molecular weight excluding hydrogens is 493 g/mol. The summed E-state index contributed by atoms with van der Waals surface area (Å²) in [5, 5.41) is 14.1. The molecule has 1 fully saturated rings. The highest BCUT2D eigenvalue weighted by Crippen LogP contribution is 2.45. The topological polar surface area (TPSA) is 82.0 Å². The maximum absolute atomic E-state index is 14.7. The zero-order valence-electron chi connectivity index (χ0n) is 20.6. The first kappa shape index (κ1) is 28.3. The number of nitrogens with zero attached hydrogens (tertiary/aromatic N) is 1. The van der Waals surface area contributed by atoms with Crippen LogP contribution in [0.2, 0.25) is 0 Å². The van der Waals surface area contributed by atoms with Crippen LogP contribution in [0.4, 0.5) is 22.0 Å². The Hall–Kier alpha value is -3.32. The van der Waals surface area contributed by atoms with Crippen LogP contribution in [-0.4, -0.2) is 35.4 Å². The van der Waals surface area contributed by atoms with Gasteiger partial charge in [0.1, 0.15) is 11.6 Å². The summed E-state index contributed by atoms with van der Waals surface area (Å²) in [7, 11) is 0. The third kappa shape index (κ3) is 6.52. The maximum atomic E-state index is 14.7. The van der Waals surface area contributed by atoms with E-state index in [1.54, 1.807) is 38.1 Å². The molecule has 2 atom stereocenters. The Labute approximate surface area is 212 Å². The molecule has 3 rings (SSSR count). The van der Waals surface area contributed by atoms with E-state index in [4.69, 9.17) is 0 Å². The van der Waals surface area contributed by atoms with Gasteiger partial charge in [0, 0.05) is 5.56 Å². The van der Waals surface area contributed by atoms with Crippen molar-refractivity contribution >= 4 is 11.7 Å². The number of Topliss-reactive ketones (excluding diaryl/α,β-unsaturated/α-hetero) is 1. The summed E-state index contributed by atoms with van der Waals surface area (Å²) in [5.74, 6) is -6.52. The van der Waals surface area contributed by atoms with Crippen LogP contribution in [0.1, 0.15) is 62.0 Å². The third-order valence-electron chi connectivity index (χ3n) is 6.33. The number of alkyl halides is 5. The van der Waals surface area contributed by atoms with E-state index in [0.29, 0.717) is 29.5 Å². The average Bonchev–Trinajstić information content (AvgIpc) is 3.61. The van der Waals surface area contributed by atoms with E-state index in [0.717, 1.165) is 12.1 Å². The normalized spacial score (nSPS) is 16.5. The number of nitrogens with one attached hydrogen (secondary N) is 2. The number of halogens is 5. The summed E-state index contributed by atoms with van der Waals surface area (Å²) >= 11 is 0. The molecule has 1 amide bonds. The van der Waals surface area contributed by atoms with E-state index >= 15 is 0 Å². The van der Waals surface area contributed by atoms with Gasteiger partial charge in [-0.2, -0.15) is 27.2 Å². The minimum absolute atomic E-state index is 0.0898.